The van der Waals surface area contributed by atoms with Crippen LogP contribution in [-0.2, 0) is 4.79 Å². The Morgan fingerprint density at radius 2 is 1.95 bits per heavy atom. The highest BCUT2D eigenvalue weighted by molar-refractivity contribution is 5.77. The van der Waals surface area contributed by atoms with Crippen LogP contribution in [0.3, 0.4) is 0 Å². The lowest BCUT2D eigenvalue weighted by molar-refractivity contribution is -0.133. The molecule has 5 nitrogen and oxygen atoms in total. The minimum absolute atomic E-state index is 0.0413. The summed E-state index contributed by atoms with van der Waals surface area (Å²) in [6.45, 7) is 9.34. The van der Waals surface area contributed by atoms with Crippen LogP contribution < -0.4 is 10.6 Å². The Kier molecular flexibility index (Phi) is 4.16. The molecule has 0 radical (unpaired) electrons. The van der Waals surface area contributed by atoms with Gasteiger partial charge in [-0.3, -0.25) is 4.79 Å². The second kappa shape index (κ2) is 5.69. The van der Waals surface area contributed by atoms with E-state index in [0.29, 0.717) is 12.1 Å². The number of carbonyl (C=O) groups excluding carboxylic acids is 1. The Labute approximate surface area is 120 Å². The maximum atomic E-state index is 12.2. The van der Waals surface area contributed by atoms with Crippen LogP contribution in [0.2, 0.25) is 0 Å². The molecule has 5 heteroatoms. The van der Waals surface area contributed by atoms with Gasteiger partial charge in [0.2, 0.25) is 5.91 Å². The van der Waals surface area contributed by atoms with Gasteiger partial charge in [-0.05, 0) is 17.5 Å². The Morgan fingerprint density at radius 3 is 2.50 bits per heavy atom. The number of rotatable bonds is 2. The fourth-order valence-corrected chi connectivity index (χ4v) is 2.41. The number of nitrogens with two attached hydrogens (primary N) is 1. The Morgan fingerprint density at radius 1 is 1.30 bits per heavy atom. The van der Waals surface area contributed by atoms with E-state index in [1.54, 1.807) is 6.20 Å². The van der Waals surface area contributed by atoms with Crippen molar-refractivity contribution in [3.63, 3.8) is 0 Å². The quantitative estimate of drug-likeness (QED) is 0.894. The van der Waals surface area contributed by atoms with Crippen LogP contribution in [0, 0.1) is 5.41 Å². The average Bonchev–Trinajstić information content (AvgIpc) is 2.37. The van der Waals surface area contributed by atoms with E-state index in [2.05, 4.69) is 30.7 Å². The van der Waals surface area contributed by atoms with Gasteiger partial charge in [0, 0.05) is 38.8 Å². The highest BCUT2D eigenvalue weighted by Gasteiger charge is 2.25. The van der Waals surface area contributed by atoms with E-state index in [1.165, 1.54) is 0 Å². The SMILES string of the molecule is CC(C)(C)CC(=O)N1CCN(c2ncccc2N)CC1. The standard InChI is InChI=1S/C15H24N4O/c1-15(2,3)11-13(20)18-7-9-19(10-8-18)14-12(16)5-4-6-17-14/h4-6H,7-11,16H2,1-3H3. The van der Waals surface area contributed by atoms with E-state index in [1.807, 2.05) is 17.0 Å². The number of amides is 1. The van der Waals surface area contributed by atoms with Gasteiger partial charge in [0.25, 0.3) is 0 Å². The molecule has 1 fully saturated rings. The molecular formula is C15H24N4O. The highest BCUT2D eigenvalue weighted by Crippen LogP contribution is 2.23. The summed E-state index contributed by atoms with van der Waals surface area (Å²) < 4.78 is 0. The van der Waals surface area contributed by atoms with Crippen LogP contribution in [0.15, 0.2) is 18.3 Å². The third kappa shape index (κ3) is 3.62. The Bertz CT molecular complexity index is 473. The second-order valence-electron chi connectivity index (χ2n) is 6.52. The van der Waals surface area contributed by atoms with Crippen LogP contribution >= 0.6 is 0 Å². The van der Waals surface area contributed by atoms with Crippen LogP contribution in [0.1, 0.15) is 27.2 Å². The first-order valence-corrected chi connectivity index (χ1v) is 7.10. The number of hydrogen-bond acceptors (Lipinski definition) is 4. The number of anilines is 2. The minimum atomic E-state index is 0.0413. The van der Waals surface area contributed by atoms with Gasteiger partial charge in [0.15, 0.2) is 5.82 Å². The van der Waals surface area contributed by atoms with Crippen molar-refractivity contribution in [2.75, 3.05) is 36.8 Å². The summed E-state index contributed by atoms with van der Waals surface area (Å²) >= 11 is 0. The van der Waals surface area contributed by atoms with E-state index in [4.69, 9.17) is 5.73 Å². The van der Waals surface area contributed by atoms with E-state index >= 15 is 0 Å². The summed E-state index contributed by atoms with van der Waals surface area (Å²) in [4.78, 5) is 20.6. The number of pyridine rings is 1. The predicted molar refractivity (Wildman–Crippen MR) is 81.5 cm³/mol. The third-order valence-corrected chi connectivity index (χ3v) is 3.43. The first-order chi connectivity index (χ1) is 9.37. The maximum Gasteiger partial charge on any atom is 0.223 e. The lowest BCUT2D eigenvalue weighted by Gasteiger charge is -2.36. The first-order valence-electron chi connectivity index (χ1n) is 7.10. The first kappa shape index (κ1) is 14.6. The van der Waals surface area contributed by atoms with Gasteiger partial charge in [-0.1, -0.05) is 20.8 Å². The highest BCUT2D eigenvalue weighted by atomic mass is 16.2. The zero-order chi connectivity index (χ0) is 14.8. The predicted octanol–water partition coefficient (Wildman–Crippen LogP) is 1.75. The van der Waals surface area contributed by atoms with E-state index in [9.17, 15) is 4.79 Å². The Hall–Kier alpha value is -1.78. The van der Waals surface area contributed by atoms with Crippen LogP contribution in [-0.4, -0.2) is 42.0 Å². The molecule has 1 saturated heterocycles. The molecule has 2 rings (SSSR count). The lowest BCUT2D eigenvalue weighted by Crippen LogP contribution is -2.49. The fourth-order valence-electron chi connectivity index (χ4n) is 2.41. The number of piperazine rings is 1. The number of nitrogen functional groups attached to an aromatic ring is 1. The van der Waals surface area contributed by atoms with Gasteiger partial charge in [-0.2, -0.15) is 0 Å². The molecule has 1 aromatic heterocycles. The van der Waals surface area contributed by atoms with Gasteiger partial charge < -0.3 is 15.5 Å². The van der Waals surface area contributed by atoms with Gasteiger partial charge in [-0.25, -0.2) is 4.98 Å². The molecule has 0 atom stereocenters. The van der Waals surface area contributed by atoms with Crippen LogP contribution in [0.25, 0.3) is 0 Å². The second-order valence-corrected chi connectivity index (χ2v) is 6.52. The molecule has 2 heterocycles. The van der Waals surface area contributed by atoms with E-state index in [0.717, 1.165) is 32.0 Å². The van der Waals surface area contributed by atoms with Gasteiger partial charge in [0.1, 0.15) is 0 Å². The topological polar surface area (TPSA) is 62.5 Å². The largest absolute Gasteiger partial charge is 0.396 e. The smallest absolute Gasteiger partial charge is 0.223 e. The number of nitrogens with zero attached hydrogens (tertiary/aromatic N) is 3. The van der Waals surface area contributed by atoms with Crippen molar-refractivity contribution in [1.29, 1.82) is 0 Å². The lowest BCUT2D eigenvalue weighted by atomic mass is 9.91. The third-order valence-electron chi connectivity index (χ3n) is 3.43. The summed E-state index contributed by atoms with van der Waals surface area (Å²) in [7, 11) is 0. The van der Waals surface area contributed by atoms with E-state index in [-0.39, 0.29) is 11.3 Å². The molecule has 20 heavy (non-hydrogen) atoms. The molecule has 1 aromatic rings. The summed E-state index contributed by atoms with van der Waals surface area (Å²) in [6, 6.07) is 3.70. The molecule has 0 saturated carbocycles. The van der Waals surface area contributed by atoms with Gasteiger partial charge in [-0.15, -0.1) is 0 Å². The molecule has 0 aliphatic carbocycles. The molecule has 1 amide bonds. The summed E-state index contributed by atoms with van der Waals surface area (Å²) in [5.74, 6) is 1.07. The van der Waals surface area contributed by atoms with Crippen LogP contribution in [0.4, 0.5) is 11.5 Å². The van der Waals surface area contributed by atoms with Crippen molar-refractivity contribution in [3.05, 3.63) is 18.3 Å². The van der Waals surface area contributed by atoms with Crippen molar-refractivity contribution in [2.45, 2.75) is 27.2 Å². The monoisotopic (exact) mass is 276 g/mol. The normalized spacial score (nSPS) is 16.4. The maximum absolute atomic E-state index is 12.2. The number of carbonyl (C=O) groups is 1. The van der Waals surface area contributed by atoms with Crippen molar-refractivity contribution in [3.8, 4) is 0 Å². The zero-order valence-corrected chi connectivity index (χ0v) is 12.6. The zero-order valence-electron chi connectivity index (χ0n) is 12.6. The summed E-state index contributed by atoms with van der Waals surface area (Å²) in [5, 5.41) is 0. The average molecular weight is 276 g/mol. The summed E-state index contributed by atoms with van der Waals surface area (Å²) in [6.07, 6.45) is 2.35. The molecule has 0 spiro atoms. The molecule has 2 N–H and O–H groups in total. The fraction of sp³-hybridized carbons (Fsp3) is 0.600. The molecule has 0 bridgehead atoms. The van der Waals surface area contributed by atoms with Crippen molar-refractivity contribution >= 4 is 17.4 Å². The van der Waals surface area contributed by atoms with Gasteiger partial charge in [0.05, 0.1) is 5.69 Å². The molecule has 1 aliphatic rings. The van der Waals surface area contributed by atoms with Crippen molar-refractivity contribution in [1.82, 2.24) is 9.88 Å². The molecule has 0 aromatic carbocycles. The van der Waals surface area contributed by atoms with Crippen LogP contribution in [0.5, 0.6) is 0 Å². The Balaban J connectivity index is 1.93. The minimum Gasteiger partial charge on any atom is -0.396 e. The number of hydrogen-bond donors (Lipinski definition) is 1. The number of aromatic nitrogens is 1. The van der Waals surface area contributed by atoms with Crippen molar-refractivity contribution < 1.29 is 4.79 Å². The van der Waals surface area contributed by atoms with Gasteiger partial charge >= 0.3 is 0 Å². The molecular weight excluding hydrogens is 252 g/mol. The molecule has 110 valence electrons. The van der Waals surface area contributed by atoms with E-state index < -0.39 is 0 Å². The molecule has 1 aliphatic heterocycles. The van der Waals surface area contributed by atoms with Crippen molar-refractivity contribution in [2.24, 2.45) is 5.41 Å². The molecule has 0 unspecified atom stereocenters. The summed E-state index contributed by atoms with van der Waals surface area (Å²) in [5.41, 5.74) is 6.68.